The van der Waals surface area contributed by atoms with Gasteiger partial charge in [0.15, 0.2) is 0 Å². The molecule has 0 spiro atoms. The van der Waals surface area contributed by atoms with Crippen LogP contribution in [-0.4, -0.2) is 15.4 Å². The van der Waals surface area contributed by atoms with Crippen molar-refractivity contribution in [2.24, 2.45) is 5.92 Å². The molecule has 0 aliphatic rings. The van der Waals surface area contributed by atoms with E-state index in [4.69, 9.17) is 16.6 Å². The molecule has 2 aromatic rings. The van der Waals surface area contributed by atoms with Crippen molar-refractivity contribution in [1.82, 2.24) is 9.55 Å². The Balaban J connectivity index is 2.31. The molecular formula is C18H27ClN2. The summed E-state index contributed by atoms with van der Waals surface area (Å²) in [5, 5.41) is 0. The van der Waals surface area contributed by atoms with Crippen molar-refractivity contribution in [3.63, 3.8) is 0 Å². The molecule has 0 saturated heterocycles. The van der Waals surface area contributed by atoms with Gasteiger partial charge in [0.1, 0.15) is 5.82 Å². The Kier molecular flexibility index (Phi) is 5.69. The lowest BCUT2D eigenvalue weighted by atomic mass is 10.0. The maximum absolute atomic E-state index is 5.97. The highest BCUT2D eigenvalue weighted by atomic mass is 35.5. The smallest absolute Gasteiger partial charge is 0.111 e. The summed E-state index contributed by atoms with van der Waals surface area (Å²) in [5.41, 5.74) is 3.64. The molecule has 0 radical (unpaired) electrons. The van der Waals surface area contributed by atoms with Gasteiger partial charge < -0.3 is 4.57 Å². The van der Waals surface area contributed by atoms with Crippen LogP contribution in [0.15, 0.2) is 18.2 Å². The molecule has 0 amide bonds. The molecule has 0 aliphatic carbocycles. The minimum Gasteiger partial charge on any atom is -0.325 e. The lowest BCUT2D eigenvalue weighted by Gasteiger charge is -2.18. The van der Waals surface area contributed by atoms with Gasteiger partial charge in [0.25, 0.3) is 0 Å². The van der Waals surface area contributed by atoms with E-state index >= 15 is 0 Å². The highest BCUT2D eigenvalue weighted by Gasteiger charge is 2.16. The summed E-state index contributed by atoms with van der Waals surface area (Å²) in [6.45, 7) is 9.02. The first kappa shape index (κ1) is 16.4. The van der Waals surface area contributed by atoms with Crippen LogP contribution in [0.2, 0.25) is 0 Å². The molecule has 116 valence electrons. The van der Waals surface area contributed by atoms with Gasteiger partial charge in [0.05, 0.1) is 11.0 Å². The average molecular weight is 307 g/mol. The van der Waals surface area contributed by atoms with E-state index < -0.39 is 0 Å². The fourth-order valence-electron chi connectivity index (χ4n) is 3.01. The maximum Gasteiger partial charge on any atom is 0.111 e. The van der Waals surface area contributed by atoms with Crippen LogP contribution in [0.5, 0.6) is 0 Å². The average Bonchev–Trinajstić information content (AvgIpc) is 2.78. The number of imidazole rings is 1. The number of hydrogen-bond acceptors (Lipinski definition) is 1. The highest BCUT2D eigenvalue weighted by molar-refractivity contribution is 6.17. The topological polar surface area (TPSA) is 17.8 Å². The maximum atomic E-state index is 5.97. The van der Waals surface area contributed by atoms with Crippen molar-refractivity contribution in [1.29, 1.82) is 0 Å². The van der Waals surface area contributed by atoms with Crippen LogP contribution in [0.25, 0.3) is 11.0 Å². The molecule has 1 unspecified atom stereocenters. The van der Waals surface area contributed by atoms with Crippen LogP contribution in [0.4, 0.5) is 0 Å². The Labute approximate surface area is 133 Å². The predicted octanol–water partition coefficient (Wildman–Crippen LogP) is 5.51. The molecular weight excluding hydrogens is 280 g/mol. The Morgan fingerprint density at radius 2 is 1.95 bits per heavy atom. The number of rotatable bonds is 7. The van der Waals surface area contributed by atoms with Gasteiger partial charge in [-0.3, -0.25) is 0 Å². The summed E-state index contributed by atoms with van der Waals surface area (Å²) in [4.78, 5) is 4.84. The molecule has 0 bridgehead atoms. The van der Waals surface area contributed by atoms with Crippen LogP contribution in [-0.2, 0) is 6.42 Å². The fourth-order valence-corrected chi connectivity index (χ4v) is 3.18. The van der Waals surface area contributed by atoms with Crippen molar-refractivity contribution < 1.29 is 0 Å². The SMILES string of the molecule is Cc1cccc2c1nc(CCCl)n2C(C)CCCC(C)C. The summed E-state index contributed by atoms with van der Waals surface area (Å²) < 4.78 is 2.41. The number of nitrogens with zero attached hydrogens (tertiary/aromatic N) is 2. The highest BCUT2D eigenvalue weighted by Crippen LogP contribution is 2.27. The van der Waals surface area contributed by atoms with E-state index in [0.717, 1.165) is 23.7 Å². The van der Waals surface area contributed by atoms with Gasteiger partial charge in [0.2, 0.25) is 0 Å². The largest absolute Gasteiger partial charge is 0.325 e. The number of hydrogen-bond donors (Lipinski definition) is 0. The lowest BCUT2D eigenvalue weighted by Crippen LogP contribution is -2.10. The molecule has 0 saturated carbocycles. The summed E-state index contributed by atoms with van der Waals surface area (Å²) in [6.07, 6.45) is 4.60. The third kappa shape index (κ3) is 3.79. The van der Waals surface area contributed by atoms with Crippen molar-refractivity contribution >= 4 is 22.6 Å². The predicted molar refractivity (Wildman–Crippen MR) is 92.3 cm³/mol. The van der Waals surface area contributed by atoms with Crippen molar-refractivity contribution in [3.05, 3.63) is 29.6 Å². The molecule has 0 N–H and O–H groups in total. The number of aryl methyl sites for hydroxylation is 2. The minimum atomic E-state index is 0.480. The van der Waals surface area contributed by atoms with Crippen molar-refractivity contribution in [2.75, 3.05) is 5.88 Å². The zero-order chi connectivity index (χ0) is 15.4. The third-order valence-corrected chi connectivity index (χ3v) is 4.35. The molecule has 0 aliphatic heterocycles. The van der Waals surface area contributed by atoms with Crippen LogP contribution >= 0.6 is 11.6 Å². The molecule has 2 nitrogen and oxygen atoms in total. The molecule has 3 heteroatoms. The number of para-hydroxylation sites is 1. The second-order valence-electron chi connectivity index (χ2n) is 6.45. The molecule has 1 atom stereocenters. The number of alkyl halides is 1. The fraction of sp³-hybridized carbons (Fsp3) is 0.611. The number of fused-ring (bicyclic) bond motifs is 1. The van der Waals surface area contributed by atoms with E-state index in [0.29, 0.717) is 11.9 Å². The van der Waals surface area contributed by atoms with Gasteiger partial charge in [-0.05, 0) is 37.8 Å². The summed E-state index contributed by atoms with van der Waals surface area (Å²) >= 11 is 5.97. The van der Waals surface area contributed by atoms with Crippen molar-refractivity contribution in [3.8, 4) is 0 Å². The third-order valence-electron chi connectivity index (χ3n) is 4.16. The normalized spacial score (nSPS) is 13.2. The first-order valence-electron chi connectivity index (χ1n) is 8.07. The van der Waals surface area contributed by atoms with Gasteiger partial charge in [-0.25, -0.2) is 4.98 Å². The Hall–Kier alpha value is -1.02. The number of halogens is 1. The number of aromatic nitrogens is 2. The zero-order valence-corrected chi connectivity index (χ0v) is 14.5. The molecule has 1 aromatic carbocycles. The van der Waals surface area contributed by atoms with Gasteiger partial charge in [-0.2, -0.15) is 0 Å². The number of benzene rings is 1. The minimum absolute atomic E-state index is 0.480. The van der Waals surface area contributed by atoms with E-state index in [2.05, 4.69) is 50.5 Å². The second-order valence-corrected chi connectivity index (χ2v) is 6.83. The standard InChI is InChI=1S/C18H27ClN2/c1-13(2)7-5-9-15(4)21-16-10-6-8-14(3)18(16)20-17(21)11-12-19/h6,8,10,13,15H,5,7,9,11-12H2,1-4H3. The van der Waals surface area contributed by atoms with Crippen LogP contribution in [0, 0.1) is 12.8 Å². The van der Waals surface area contributed by atoms with E-state index in [-0.39, 0.29) is 0 Å². The van der Waals surface area contributed by atoms with E-state index in [9.17, 15) is 0 Å². The summed E-state index contributed by atoms with van der Waals surface area (Å²) in [6, 6.07) is 6.93. The quantitative estimate of drug-likeness (QED) is 0.616. The Bertz CT molecular complexity index is 586. The summed E-state index contributed by atoms with van der Waals surface area (Å²) in [5.74, 6) is 2.54. The molecule has 1 aromatic heterocycles. The lowest BCUT2D eigenvalue weighted by molar-refractivity contribution is 0.445. The second kappa shape index (κ2) is 7.31. The van der Waals surface area contributed by atoms with Gasteiger partial charge in [0, 0.05) is 18.3 Å². The Morgan fingerprint density at radius 3 is 2.62 bits per heavy atom. The Morgan fingerprint density at radius 1 is 1.19 bits per heavy atom. The van der Waals surface area contributed by atoms with Gasteiger partial charge in [-0.15, -0.1) is 11.6 Å². The molecule has 21 heavy (non-hydrogen) atoms. The van der Waals surface area contributed by atoms with Crippen LogP contribution in [0.3, 0.4) is 0 Å². The van der Waals surface area contributed by atoms with Gasteiger partial charge in [-0.1, -0.05) is 38.8 Å². The molecule has 2 rings (SSSR count). The molecule has 0 fully saturated rings. The first-order valence-corrected chi connectivity index (χ1v) is 8.60. The molecule has 1 heterocycles. The van der Waals surface area contributed by atoms with Crippen molar-refractivity contribution in [2.45, 2.75) is 59.4 Å². The summed E-state index contributed by atoms with van der Waals surface area (Å²) in [7, 11) is 0. The van der Waals surface area contributed by atoms with E-state index in [1.807, 2.05) is 0 Å². The first-order chi connectivity index (χ1) is 10.0. The van der Waals surface area contributed by atoms with E-state index in [1.165, 1.54) is 30.3 Å². The van der Waals surface area contributed by atoms with E-state index in [1.54, 1.807) is 0 Å². The van der Waals surface area contributed by atoms with Crippen LogP contribution in [0.1, 0.15) is 57.5 Å². The zero-order valence-electron chi connectivity index (χ0n) is 13.7. The van der Waals surface area contributed by atoms with Gasteiger partial charge >= 0.3 is 0 Å². The monoisotopic (exact) mass is 306 g/mol. The van der Waals surface area contributed by atoms with Crippen LogP contribution < -0.4 is 0 Å².